The van der Waals surface area contributed by atoms with E-state index < -0.39 is 0 Å². The van der Waals surface area contributed by atoms with Gasteiger partial charge >= 0.3 is 18.0 Å². The van der Waals surface area contributed by atoms with Crippen LogP contribution in [0.2, 0.25) is 0 Å². The molecule has 0 spiro atoms. The molecular formula is C15H10ClN3O5. The Morgan fingerprint density at radius 3 is 1.38 bits per heavy atom. The zero-order valence-electron chi connectivity index (χ0n) is 12.0. The van der Waals surface area contributed by atoms with Crippen LogP contribution in [0.4, 0.5) is 0 Å². The molecule has 0 bridgehead atoms. The Morgan fingerprint density at radius 1 is 0.542 bits per heavy atom. The predicted molar refractivity (Wildman–Crippen MR) is 81.7 cm³/mol. The van der Waals surface area contributed by atoms with Gasteiger partial charge < -0.3 is 4.29 Å². The van der Waals surface area contributed by atoms with E-state index in [2.05, 4.69) is 19.2 Å². The first-order valence-electron chi connectivity index (χ1n) is 6.67. The van der Waals surface area contributed by atoms with Crippen LogP contribution in [0, 0.1) is 0 Å². The van der Waals surface area contributed by atoms with Crippen LogP contribution in [0.15, 0.2) is 60.7 Å². The molecule has 0 atom stereocenters. The number of rotatable bonds is 7. The van der Waals surface area contributed by atoms with Crippen LogP contribution >= 0.6 is 11.9 Å². The van der Waals surface area contributed by atoms with Crippen molar-refractivity contribution in [1.82, 2.24) is 15.0 Å². The van der Waals surface area contributed by atoms with Crippen molar-refractivity contribution < 1.29 is 23.8 Å². The molecule has 122 valence electrons. The maximum Gasteiger partial charge on any atom is 0.376 e. The molecule has 8 nitrogen and oxygen atoms in total. The van der Waals surface area contributed by atoms with Gasteiger partial charge in [0.25, 0.3) is 0 Å². The molecule has 0 saturated carbocycles. The average Bonchev–Trinajstić information content (AvgIpc) is 2.66. The highest BCUT2D eigenvalue weighted by Crippen LogP contribution is 2.18. The SMILES string of the molecule is ClOc1nc(OOc2ccccc2)nc(OOc2ccccc2)n1. The predicted octanol–water partition coefficient (Wildman–Crippen LogP) is 3.15. The van der Waals surface area contributed by atoms with Gasteiger partial charge in [-0.1, -0.05) is 36.4 Å². The van der Waals surface area contributed by atoms with Gasteiger partial charge in [0.05, 0.1) is 0 Å². The molecule has 0 radical (unpaired) electrons. The first-order valence-corrected chi connectivity index (χ1v) is 6.98. The molecule has 9 heteroatoms. The topological polar surface area (TPSA) is 84.8 Å². The summed E-state index contributed by atoms with van der Waals surface area (Å²) in [4.78, 5) is 31.5. The van der Waals surface area contributed by atoms with Crippen molar-refractivity contribution in [2.75, 3.05) is 0 Å². The summed E-state index contributed by atoms with van der Waals surface area (Å²) in [5.74, 6) is 0.906. The third-order valence-corrected chi connectivity index (χ3v) is 2.69. The van der Waals surface area contributed by atoms with Crippen LogP contribution in [-0.2, 0) is 0 Å². The molecule has 0 unspecified atom stereocenters. The first-order chi connectivity index (χ1) is 11.8. The summed E-state index contributed by atoms with van der Waals surface area (Å²) in [6.45, 7) is 0. The Morgan fingerprint density at radius 2 is 0.958 bits per heavy atom. The second kappa shape index (κ2) is 7.84. The number of hydrogen-bond acceptors (Lipinski definition) is 8. The monoisotopic (exact) mass is 347 g/mol. The highest BCUT2D eigenvalue weighted by Gasteiger charge is 2.13. The van der Waals surface area contributed by atoms with Crippen LogP contribution in [0.3, 0.4) is 0 Å². The van der Waals surface area contributed by atoms with E-state index in [-0.39, 0.29) is 18.0 Å². The lowest BCUT2D eigenvalue weighted by Gasteiger charge is -2.06. The number of benzene rings is 2. The van der Waals surface area contributed by atoms with Crippen molar-refractivity contribution in [2.24, 2.45) is 0 Å². The molecule has 0 aliphatic carbocycles. The second-order valence-electron chi connectivity index (χ2n) is 4.22. The van der Waals surface area contributed by atoms with Crippen molar-refractivity contribution in [1.29, 1.82) is 0 Å². The molecule has 0 N–H and O–H groups in total. The van der Waals surface area contributed by atoms with Gasteiger partial charge in [0.1, 0.15) is 11.9 Å². The average molecular weight is 348 g/mol. The molecule has 24 heavy (non-hydrogen) atoms. The molecule has 0 aliphatic heterocycles. The maximum atomic E-state index is 5.26. The van der Waals surface area contributed by atoms with Crippen molar-refractivity contribution >= 4 is 11.9 Å². The van der Waals surface area contributed by atoms with E-state index in [0.717, 1.165) is 0 Å². The lowest BCUT2D eigenvalue weighted by Crippen LogP contribution is -2.09. The molecule has 1 aromatic heterocycles. The minimum atomic E-state index is -0.245. The number of aromatic nitrogens is 3. The van der Waals surface area contributed by atoms with Crippen LogP contribution < -0.4 is 23.8 Å². The summed E-state index contributed by atoms with van der Waals surface area (Å²) < 4.78 is 4.44. The highest BCUT2D eigenvalue weighted by molar-refractivity contribution is 6.08. The lowest BCUT2D eigenvalue weighted by atomic mass is 10.3. The Balaban J connectivity index is 1.68. The van der Waals surface area contributed by atoms with Gasteiger partial charge in [-0.3, -0.25) is 9.78 Å². The third kappa shape index (κ3) is 4.37. The summed E-state index contributed by atoms with van der Waals surface area (Å²) in [6, 6.07) is 16.9. The normalized spacial score (nSPS) is 9.88. The fraction of sp³-hybridized carbons (Fsp3) is 0. The first kappa shape index (κ1) is 15.6. The molecule has 0 aliphatic rings. The van der Waals surface area contributed by atoms with Gasteiger partial charge in [-0.15, -0.1) is 15.0 Å². The molecular weight excluding hydrogens is 338 g/mol. The van der Waals surface area contributed by atoms with Gasteiger partial charge in [-0.2, -0.15) is 0 Å². The second-order valence-corrected chi connectivity index (χ2v) is 4.37. The van der Waals surface area contributed by atoms with Crippen LogP contribution in [0.25, 0.3) is 0 Å². The minimum absolute atomic E-state index is 0.226. The number of nitrogens with zero attached hydrogens (tertiary/aromatic N) is 3. The van der Waals surface area contributed by atoms with Crippen molar-refractivity contribution in [2.45, 2.75) is 0 Å². The number of para-hydroxylation sites is 2. The van der Waals surface area contributed by atoms with E-state index in [4.69, 9.17) is 31.4 Å². The van der Waals surface area contributed by atoms with E-state index in [1.54, 1.807) is 48.5 Å². The Labute approximate surface area is 141 Å². The highest BCUT2D eigenvalue weighted by atomic mass is 35.5. The summed E-state index contributed by atoms with van der Waals surface area (Å²) in [5.41, 5.74) is 0. The Hall–Kier alpha value is -3.26. The van der Waals surface area contributed by atoms with E-state index in [0.29, 0.717) is 11.5 Å². The molecule has 2 aromatic carbocycles. The Kier molecular flexibility index (Phi) is 5.10. The smallest absolute Gasteiger partial charge is 0.344 e. The van der Waals surface area contributed by atoms with E-state index in [1.165, 1.54) is 0 Å². The molecule has 0 fully saturated rings. The largest absolute Gasteiger partial charge is 0.376 e. The molecule has 3 aromatic rings. The molecule has 0 amide bonds. The van der Waals surface area contributed by atoms with E-state index in [1.807, 2.05) is 12.1 Å². The van der Waals surface area contributed by atoms with Crippen LogP contribution in [0.1, 0.15) is 0 Å². The van der Waals surface area contributed by atoms with Crippen LogP contribution in [-0.4, -0.2) is 15.0 Å². The van der Waals surface area contributed by atoms with Gasteiger partial charge in [0.2, 0.25) is 0 Å². The number of halogens is 1. The number of hydrogen-bond donors (Lipinski definition) is 0. The van der Waals surface area contributed by atoms with Gasteiger partial charge in [-0.05, 0) is 24.3 Å². The van der Waals surface area contributed by atoms with E-state index in [9.17, 15) is 0 Å². The van der Waals surface area contributed by atoms with Crippen molar-refractivity contribution in [3.8, 4) is 29.5 Å². The lowest BCUT2D eigenvalue weighted by molar-refractivity contribution is -0.122. The fourth-order valence-corrected chi connectivity index (χ4v) is 1.62. The summed E-state index contributed by atoms with van der Waals surface area (Å²) >= 11 is 5.26. The van der Waals surface area contributed by atoms with Crippen molar-refractivity contribution in [3.63, 3.8) is 0 Å². The van der Waals surface area contributed by atoms with Gasteiger partial charge in [0.15, 0.2) is 11.5 Å². The van der Waals surface area contributed by atoms with Gasteiger partial charge in [0, 0.05) is 0 Å². The van der Waals surface area contributed by atoms with E-state index >= 15 is 0 Å². The maximum absolute atomic E-state index is 5.26. The molecule has 1 heterocycles. The minimum Gasteiger partial charge on any atom is -0.344 e. The molecule has 0 saturated heterocycles. The van der Waals surface area contributed by atoms with Crippen LogP contribution in [0.5, 0.6) is 29.5 Å². The molecule has 3 rings (SSSR count). The summed E-state index contributed by atoms with van der Waals surface area (Å²) in [7, 11) is 0. The Bertz CT molecular complexity index is 715. The van der Waals surface area contributed by atoms with Crippen molar-refractivity contribution in [3.05, 3.63) is 60.7 Å². The summed E-state index contributed by atoms with van der Waals surface area (Å²) in [5, 5.41) is 0. The third-order valence-electron chi connectivity index (χ3n) is 2.55. The quantitative estimate of drug-likeness (QED) is 0.476. The van der Waals surface area contributed by atoms with Gasteiger partial charge in [-0.25, -0.2) is 9.78 Å². The fourth-order valence-electron chi connectivity index (χ4n) is 1.55. The zero-order chi connectivity index (χ0) is 16.6. The zero-order valence-corrected chi connectivity index (χ0v) is 12.8. The summed E-state index contributed by atoms with van der Waals surface area (Å²) in [6.07, 6.45) is 0. The standard InChI is InChI=1S/C15H10ClN3O5/c16-20-13-17-14(23-21-11-7-3-1-4-8-11)19-15(18-13)24-22-12-9-5-2-6-10-12/h1-10H.